The molecule has 84 valence electrons. The first-order chi connectivity index (χ1) is 7.74. The van der Waals surface area contributed by atoms with E-state index in [1.165, 1.54) is 0 Å². The highest BCUT2D eigenvalue weighted by Crippen LogP contribution is 2.24. The topological polar surface area (TPSA) is 56.7 Å². The summed E-state index contributed by atoms with van der Waals surface area (Å²) in [7, 11) is 0. The number of hydrogen-bond donors (Lipinski definition) is 1. The maximum Gasteiger partial charge on any atom is 0.0908 e. The van der Waals surface area contributed by atoms with Crippen LogP contribution in [0.3, 0.4) is 0 Å². The van der Waals surface area contributed by atoms with Gasteiger partial charge in [-0.1, -0.05) is 0 Å². The molecule has 1 atom stereocenters. The van der Waals surface area contributed by atoms with Crippen molar-refractivity contribution in [2.24, 2.45) is 5.73 Å². The van der Waals surface area contributed by atoms with Gasteiger partial charge in [-0.25, -0.2) is 0 Å². The number of rotatable bonds is 3. The fourth-order valence-corrected chi connectivity index (χ4v) is 2.14. The second-order valence-electron chi connectivity index (χ2n) is 3.42. The van der Waals surface area contributed by atoms with Gasteiger partial charge in [0.25, 0.3) is 0 Å². The van der Waals surface area contributed by atoms with E-state index >= 15 is 0 Å². The summed E-state index contributed by atoms with van der Waals surface area (Å²) in [6.07, 6.45) is 3.50. The average Bonchev–Trinajstić information content (AvgIpc) is 2.77. The number of hydrogen-bond acceptors (Lipinski definition) is 3. The van der Waals surface area contributed by atoms with Gasteiger partial charge in [-0.2, -0.15) is 5.10 Å². The standard InChI is InChI=1S/C11H13BrN4/c1-2-16-9(5-7-15-16)10(13)11-8(12)4-3-6-14-11/h3-7,10H,2,13H2,1H3. The van der Waals surface area contributed by atoms with E-state index in [0.29, 0.717) is 0 Å². The monoisotopic (exact) mass is 280 g/mol. The van der Waals surface area contributed by atoms with Gasteiger partial charge in [-0.15, -0.1) is 0 Å². The fraction of sp³-hybridized carbons (Fsp3) is 0.273. The van der Waals surface area contributed by atoms with Crippen molar-refractivity contribution in [3.05, 3.63) is 46.5 Å². The Hall–Kier alpha value is -1.20. The maximum atomic E-state index is 6.18. The van der Waals surface area contributed by atoms with E-state index < -0.39 is 0 Å². The van der Waals surface area contributed by atoms with E-state index in [2.05, 4.69) is 26.0 Å². The van der Waals surface area contributed by atoms with Crippen LogP contribution in [0.4, 0.5) is 0 Å². The number of nitrogens with two attached hydrogens (primary N) is 1. The maximum absolute atomic E-state index is 6.18. The Labute approximate surface area is 103 Å². The van der Waals surface area contributed by atoms with Crippen molar-refractivity contribution in [1.82, 2.24) is 14.8 Å². The van der Waals surface area contributed by atoms with E-state index in [-0.39, 0.29) is 6.04 Å². The highest BCUT2D eigenvalue weighted by atomic mass is 79.9. The van der Waals surface area contributed by atoms with Crippen LogP contribution in [0.5, 0.6) is 0 Å². The summed E-state index contributed by atoms with van der Waals surface area (Å²) in [4.78, 5) is 4.30. The third-order valence-electron chi connectivity index (χ3n) is 2.45. The molecule has 0 aromatic carbocycles. The van der Waals surface area contributed by atoms with E-state index in [4.69, 9.17) is 5.73 Å². The van der Waals surface area contributed by atoms with Gasteiger partial charge >= 0.3 is 0 Å². The molecule has 0 saturated heterocycles. The molecule has 2 rings (SSSR count). The molecule has 0 aliphatic carbocycles. The van der Waals surface area contributed by atoms with Crippen LogP contribution in [0, 0.1) is 0 Å². The lowest BCUT2D eigenvalue weighted by atomic mass is 10.1. The second-order valence-corrected chi connectivity index (χ2v) is 4.27. The van der Waals surface area contributed by atoms with Crippen LogP contribution in [0.2, 0.25) is 0 Å². The Morgan fingerprint density at radius 3 is 2.94 bits per heavy atom. The lowest BCUT2D eigenvalue weighted by Gasteiger charge is -2.13. The van der Waals surface area contributed by atoms with Crippen molar-refractivity contribution in [2.75, 3.05) is 0 Å². The molecule has 0 spiro atoms. The average molecular weight is 281 g/mol. The van der Waals surface area contributed by atoms with Crippen LogP contribution >= 0.6 is 15.9 Å². The Balaban J connectivity index is 2.39. The van der Waals surface area contributed by atoms with Gasteiger partial charge in [0.2, 0.25) is 0 Å². The molecule has 0 aliphatic rings. The van der Waals surface area contributed by atoms with Crippen LogP contribution < -0.4 is 5.73 Å². The molecule has 0 aliphatic heterocycles. The molecule has 0 amide bonds. The molecule has 0 bridgehead atoms. The summed E-state index contributed by atoms with van der Waals surface area (Å²) in [6.45, 7) is 2.84. The first-order valence-electron chi connectivity index (χ1n) is 5.11. The smallest absolute Gasteiger partial charge is 0.0908 e. The summed E-state index contributed by atoms with van der Waals surface area (Å²) in [5, 5.41) is 4.20. The number of nitrogens with zero attached hydrogens (tertiary/aromatic N) is 3. The zero-order valence-electron chi connectivity index (χ0n) is 8.97. The predicted octanol–water partition coefficient (Wildman–Crippen LogP) is 2.11. The summed E-state index contributed by atoms with van der Waals surface area (Å²) < 4.78 is 2.80. The van der Waals surface area contributed by atoms with E-state index in [1.807, 2.05) is 29.8 Å². The number of aromatic nitrogens is 3. The number of aryl methyl sites for hydroxylation is 1. The van der Waals surface area contributed by atoms with Crippen molar-refractivity contribution in [1.29, 1.82) is 0 Å². The van der Waals surface area contributed by atoms with Crippen molar-refractivity contribution >= 4 is 15.9 Å². The predicted molar refractivity (Wildman–Crippen MR) is 65.9 cm³/mol. The van der Waals surface area contributed by atoms with Crippen LogP contribution in [0.25, 0.3) is 0 Å². The van der Waals surface area contributed by atoms with Gasteiger partial charge in [0.15, 0.2) is 0 Å². The van der Waals surface area contributed by atoms with Crippen molar-refractivity contribution in [2.45, 2.75) is 19.5 Å². The molecular formula is C11H13BrN4. The van der Waals surface area contributed by atoms with E-state index in [9.17, 15) is 0 Å². The SMILES string of the molecule is CCn1nccc1C(N)c1ncccc1Br. The van der Waals surface area contributed by atoms with E-state index in [1.54, 1.807) is 12.4 Å². The molecule has 0 saturated carbocycles. The number of halogens is 1. The van der Waals surface area contributed by atoms with Gasteiger partial charge in [0.1, 0.15) is 0 Å². The summed E-state index contributed by atoms with van der Waals surface area (Å²) in [5.74, 6) is 0. The third kappa shape index (κ3) is 2.01. The van der Waals surface area contributed by atoms with Crippen molar-refractivity contribution in [3.63, 3.8) is 0 Å². The minimum absolute atomic E-state index is 0.252. The van der Waals surface area contributed by atoms with Crippen molar-refractivity contribution in [3.8, 4) is 0 Å². The summed E-state index contributed by atoms with van der Waals surface area (Å²) in [5.41, 5.74) is 7.99. The quantitative estimate of drug-likeness (QED) is 0.937. The van der Waals surface area contributed by atoms with Gasteiger partial charge in [0, 0.05) is 23.4 Å². The molecule has 5 heteroatoms. The molecule has 1 unspecified atom stereocenters. The van der Waals surface area contributed by atoms with Crippen LogP contribution in [0.15, 0.2) is 35.1 Å². The van der Waals surface area contributed by atoms with Gasteiger partial charge in [-0.3, -0.25) is 9.67 Å². The first kappa shape index (κ1) is 11.3. The van der Waals surface area contributed by atoms with Gasteiger partial charge < -0.3 is 5.73 Å². The Morgan fingerprint density at radius 2 is 2.25 bits per heavy atom. The highest BCUT2D eigenvalue weighted by molar-refractivity contribution is 9.10. The number of pyridine rings is 1. The van der Waals surface area contributed by atoms with Crippen LogP contribution in [-0.2, 0) is 6.54 Å². The largest absolute Gasteiger partial charge is 0.318 e. The Morgan fingerprint density at radius 1 is 1.44 bits per heavy atom. The molecule has 2 N–H and O–H groups in total. The van der Waals surface area contributed by atoms with Gasteiger partial charge in [-0.05, 0) is 41.1 Å². The Bertz CT molecular complexity index is 480. The van der Waals surface area contributed by atoms with Crippen LogP contribution in [0.1, 0.15) is 24.4 Å². The summed E-state index contributed by atoms with van der Waals surface area (Å²) in [6, 6.07) is 5.49. The normalized spacial score (nSPS) is 12.7. The molecule has 0 radical (unpaired) electrons. The lowest BCUT2D eigenvalue weighted by molar-refractivity contribution is 0.595. The molecule has 2 aromatic heterocycles. The molecule has 0 fully saturated rings. The molecule has 2 heterocycles. The zero-order valence-corrected chi connectivity index (χ0v) is 10.6. The van der Waals surface area contributed by atoms with Crippen LogP contribution in [-0.4, -0.2) is 14.8 Å². The molecule has 16 heavy (non-hydrogen) atoms. The third-order valence-corrected chi connectivity index (χ3v) is 3.12. The summed E-state index contributed by atoms with van der Waals surface area (Å²) >= 11 is 3.46. The van der Waals surface area contributed by atoms with E-state index in [0.717, 1.165) is 22.4 Å². The zero-order chi connectivity index (χ0) is 11.5. The van der Waals surface area contributed by atoms with Crippen molar-refractivity contribution < 1.29 is 0 Å². The first-order valence-corrected chi connectivity index (χ1v) is 5.91. The van der Waals surface area contributed by atoms with Gasteiger partial charge in [0.05, 0.1) is 17.4 Å². The minimum Gasteiger partial charge on any atom is -0.318 e. The lowest BCUT2D eigenvalue weighted by Crippen LogP contribution is -2.18. The molecule has 4 nitrogen and oxygen atoms in total. The highest BCUT2D eigenvalue weighted by Gasteiger charge is 2.16. The second kappa shape index (κ2) is 4.76. The molecule has 2 aromatic rings. The Kier molecular flexibility index (Phi) is 3.36. The fourth-order valence-electron chi connectivity index (χ4n) is 1.64. The molecular weight excluding hydrogens is 268 g/mol. The minimum atomic E-state index is -0.252.